The molecule has 3 aliphatic rings. The van der Waals surface area contributed by atoms with Crippen LogP contribution in [0.1, 0.15) is 43.5 Å². The van der Waals surface area contributed by atoms with Crippen molar-refractivity contribution in [1.82, 2.24) is 0 Å². The van der Waals surface area contributed by atoms with E-state index < -0.39 is 62.3 Å². The molecule has 2 aromatic carbocycles. The molecule has 0 heterocycles. The van der Waals surface area contributed by atoms with Crippen molar-refractivity contribution in [3.05, 3.63) is 58.6 Å². The number of hydrogen-bond donors (Lipinski definition) is 4. The lowest BCUT2D eigenvalue weighted by Crippen LogP contribution is -2.70. The van der Waals surface area contributed by atoms with Gasteiger partial charge in [0.05, 0.1) is 26.9 Å². The minimum absolute atomic E-state index is 0.00736. The minimum Gasteiger partial charge on any atom is -0.390 e. The van der Waals surface area contributed by atoms with Gasteiger partial charge < -0.3 is 20.6 Å². The number of hydrogen-bond acceptors (Lipinski definition) is 6. The summed E-state index contributed by atoms with van der Waals surface area (Å²) in [5.74, 6) is -4.27. The summed E-state index contributed by atoms with van der Waals surface area (Å²) in [6.45, 7) is 3.44. The first-order valence-electron chi connectivity index (χ1n) is 11.6. The Morgan fingerprint density at radius 3 is 2.28 bits per heavy atom. The summed E-state index contributed by atoms with van der Waals surface area (Å²) in [6, 6.07) is 6.56. The molecule has 0 aromatic heterocycles. The summed E-state index contributed by atoms with van der Waals surface area (Å²) in [7, 11) is -4.03. The predicted molar refractivity (Wildman–Crippen MR) is 129 cm³/mol. The molecule has 7 nitrogen and oxygen atoms in total. The molecular formula is C25H28ClF2NO6S. The first kappa shape index (κ1) is 26.9. The number of carbonyl (C=O) groups excluding carboxylic acids is 1. The second kappa shape index (κ2) is 9.64. The smallest absolute Gasteiger partial charge is 0.255 e. The fourth-order valence-electron chi connectivity index (χ4n) is 5.39. The molecule has 36 heavy (non-hydrogen) atoms. The van der Waals surface area contributed by atoms with E-state index in [1.165, 1.54) is 18.2 Å². The fourth-order valence-corrected chi connectivity index (χ4v) is 7.79. The summed E-state index contributed by atoms with van der Waals surface area (Å²) < 4.78 is 53.6. The highest BCUT2D eigenvalue weighted by Gasteiger charge is 2.64. The van der Waals surface area contributed by atoms with Crippen molar-refractivity contribution in [1.29, 1.82) is 0 Å². The van der Waals surface area contributed by atoms with Gasteiger partial charge in [-0.3, -0.25) is 4.79 Å². The molecule has 5 rings (SSSR count). The largest absolute Gasteiger partial charge is 0.390 e. The van der Waals surface area contributed by atoms with Gasteiger partial charge in [0.1, 0.15) is 6.10 Å². The summed E-state index contributed by atoms with van der Waals surface area (Å²) in [4.78, 5) is 12.4. The van der Waals surface area contributed by atoms with Crippen molar-refractivity contribution in [3.8, 4) is 0 Å². The van der Waals surface area contributed by atoms with Crippen molar-refractivity contribution in [2.45, 2.75) is 61.1 Å². The lowest BCUT2D eigenvalue weighted by Gasteiger charge is -2.60. The Hall–Kier alpha value is -2.11. The highest BCUT2D eigenvalue weighted by Crippen LogP contribution is 2.57. The first-order valence-corrected chi connectivity index (χ1v) is 13.6. The van der Waals surface area contributed by atoms with Gasteiger partial charge in [0.2, 0.25) is 0 Å². The molecule has 2 bridgehead atoms. The first-order chi connectivity index (χ1) is 16.8. The second-order valence-electron chi connectivity index (χ2n) is 10.1. The van der Waals surface area contributed by atoms with Crippen LogP contribution in [0.2, 0.25) is 5.02 Å². The zero-order valence-electron chi connectivity index (χ0n) is 19.7. The van der Waals surface area contributed by atoms with Crippen LogP contribution in [0.4, 0.5) is 14.5 Å². The van der Waals surface area contributed by atoms with Crippen LogP contribution in [-0.4, -0.2) is 52.7 Å². The third-order valence-electron chi connectivity index (χ3n) is 7.57. The van der Waals surface area contributed by atoms with Crippen molar-refractivity contribution in [3.63, 3.8) is 0 Å². The zero-order valence-corrected chi connectivity index (χ0v) is 21.2. The maximum Gasteiger partial charge on any atom is 0.255 e. The monoisotopic (exact) mass is 543 g/mol. The highest BCUT2D eigenvalue weighted by atomic mass is 35.5. The average molecular weight is 544 g/mol. The molecular weight excluding hydrogens is 516 g/mol. The van der Waals surface area contributed by atoms with Gasteiger partial charge >= 0.3 is 0 Å². The summed E-state index contributed by atoms with van der Waals surface area (Å²) in [6.07, 6.45) is -1.86. The topological polar surface area (TPSA) is 124 Å². The van der Waals surface area contributed by atoms with Gasteiger partial charge in [-0.1, -0.05) is 25.4 Å². The van der Waals surface area contributed by atoms with Gasteiger partial charge in [-0.05, 0) is 67.3 Å². The molecule has 3 saturated carbocycles. The molecule has 2 aromatic rings. The van der Waals surface area contributed by atoms with E-state index in [9.17, 15) is 37.3 Å². The number of aliphatic hydroxyl groups is 3. The molecule has 4 atom stereocenters. The zero-order chi connectivity index (χ0) is 26.6. The number of amides is 1. The number of halogens is 3. The van der Waals surface area contributed by atoms with Crippen LogP contribution >= 0.6 is 11.6 Å². The van der Waals surface area contributed by atoms with Crippen LogP contribution in [-0.2, 0) is 9.84 Å². The molecule has 3 aliphatic carbocycles. The lowest BCUT2D eigenvalue weighted by molar-refractivity contribution is -0.255. The number of anilines is 1. The highest BCUT2D eigenvalue weighted by molar-refractivity contribution is 7.92. The minimum atomic E-state index is -4.03. The van der Waals surface area contributed by atoms with Crippen molar-refractivity contribution < 1.29 is 37.3 Å². The van der Waals surface area contributed by atoms with Crippen molar-refractivity contribution in [2.24, 2.45) is 17.8 Å². The van der Waals surface area contributed by atoms with E-state index in [1.807, 2.05) is 0 Å². The van der Waals surface area contributed by atoms with E-state index in [-0.39, 0.29) is 39.9 Å². The maximum atomic E-state index is 13.5. The Morgan fingerprint density at radius 1 is 1.06 bits per heavy atom. The number of sulfone groups is 1. The SMILES string of the molecule is CC(C)[C@H](O)[C@@H](O)[C@]1(O)C2CC1C[C@@H](S(=O)(=O)c1cc(C(=O)Nc3ccc(F)c(F)c3)ccc1Cl)C2. The van der Waals surface area contributed by atoms with Gasteiger partial charge in [-0.2, -0.15) is 0 Å². The number of nitrogens with one attached hydrogen (secondary N) is 1. The standard InChI is InChI=1S/C25H28ClF2NO6S/c1-12(2)22(30)23(31)25(33)14-8-15(25)10-17(9-14)36(34,35)21-7-13(3-5-18(21)26)24(32)29-16-4-6-19(27)20(28)11-16/h3-7,11-12,14-15,17,22-23,30-31,33H,8-10H2,1-2H3,(H,29,32)/t14?,15?,17-,22-,23+,25-/m0/s1. The number of rotatable bonds is 7. The number of carbonyl (C=O) groups is 1. The van der Waals surface area contributed by atoms with Gasteiger partial charge in [0.15, 0.2) is 21.5 Å². The average Bonchev–Trinajstić information content (AvgIpc) is 2.84. The van der Waals surface area contributed by atoms with Gasteiger partial charge in [0, 0.05) is 17.3 Å². The van der Waals surface area contributed by atoms with Crippen LogP contribution in [0, 0.1) is 29.4 Å². The van der Waals surface area contributed by atoms with Crippen LogP contribution in [0.25, 0.3) is 0 Å². The Kier molecular flexibility index (Phi) is 7.22. The fraction of sp³-hybridized carbons (Fsp3) is 0.480. The number of aliphatic hydroxyl groups excluding tert-OH is 2. The second-order valence-corrected chi connectivity index (χ2v) is 12.7. The third-order valence-corrected chi connectivity index (χ3v) is 10.2. The van der Waals surface area contributed by atoms with E-state index >= 15 is 0 Å². The Balaban J connectivity index is 1.54. The van der Waals surface area contributed by atoms with E-state index in [4.69, 9.17) is 11.6 Å². The molecule has 0 saturated heterocycles. The van der Waals surface area contributed by atoms with E-state index in [0.717, 1.165) is 18.2 Å². The lowest BCUT2D eigenvalue weighted by atomic mass is 9.51. The van der Waals surface area contributed by atoms with Crippen LogP contribution in [0.15, 0.2) is 41.3 Å². The van der Waals surface area contributed by atoms with E-state index in [1.54, 1.807) is 13.8 Å². The van der Waals surface area contributed by atoms with Gasteiger partial charge in [0.25, 0.3) is 5.91 Å². The third kappa shape index (κ3) is 4.54. The quantitative estimate of drug-likeness (QED) is 0.423. The van der Waals surface area contributed by atoms with Gasteiger partial charge in [-0.15, -0.1) is 0 Å². The van der Waals surface area contributed by atoms with E-state index in [2.05, 4.69) is 5.32 Å². The molecule has 196 valence electrons. The molecule has 4 N–H and O–H groups in total. The number of fused-ring (bicyclic) bond motifs is 2. The van der Waals surface area contributed by atoms with Gasteiger partial charge in [-0.25, -0.2) is 17.2 Å². The summed E-state index contributed by atoms with van der Waals surface area (Å²) in [5, 5.41) is 33.5. The molecule has 2 unspecified atom stereocenters. The Labute approximate surface area is 213 Å². The summed E-state index contributed by atoms with van der Waals surface area (Å²) in [5.41, 5.74) is -1.62. The van der Waals surface area contributed by atoms with Crippen LogP contribution in [0.5, 0.6) is 0 Å². The molecule has 0 radical (unpaired) electrons. The normalized spacial score (nSPS) is 27.3. The van der Waals surface area contributed by atoms with Crippen molar-refractivity contribution in [2.75, 3.05) is 5.32 Å². The summed E-state index contributed by atoms with van der Waals surface area (Å²) >= 11 is 6.21. The Morgan fingerprint density at radius 2 is 1.69 bits per heavy atom. The molecule has 0 spiro atoms. The van der Waals surface area contributed by atoms with Crippen LogP contribution in [0.3, 0.4) is 0 Å². The predicted octanol–water partition coefficient (Wildman–Crippen LogP) is 3.55. The molecule has 1 amide bonds. The molecule has 3 fully saturated rings. The van der Waals surface area contributed by atoms with Crippen LogP contribution < -0.4 is 5.32 Å². The van der Waals surface area contributed by atoms with E-state index in [0.29, 0.717) is 6.42 Å². The number of benzene rings is 2. The Bertz CT molecular complexity index is 1280. The molecule has 0 aliphatic heterocycles. The molecule has 11 heteroatoms. The van der Waals surface area contributed by atoms with Crippen molar-refractivity contribution >= 4 is 33.0 Å². The maximum absolute atomic E-state index is 13.5.